The Morgan fingerprint density at radius 1 is 1.16 bits per heavy atom. The van der Waals surface area contributed by atoms with Crippen molar-refractivity contribution < 1.29 is 4.52 Å². The number of halogens is 1. The highest BCUT2D eigenvalue weighted by Gasteiger charge is 2.24. The molecule has 31 heavy (non-hydrogen) atoms. The third-order valence-electron chi connectivity index (χ3n) is 5.28. The molecule has 3 aromatic rings. The molecule has 0 spiro atoms. The largest absolute Gasteiger partial charge is 0.357 e. The van der Waals surface area contributed by atoms with Gasteiger partial charge >= 0.3 is 0 Å². The average molecular weight is 551 g/mol. The summed E-state index contributed by atoms with van der Waals surface area (Å²) in [6.07, 6.45) is 2.57. The monoisotopic (exact) mass is 551 g/mol. The maximum Gasteiger partial charge on any atom is 0.191 e. The fourth-order valence-corrected chi connectivity index (χ4v) is 4.62. The Hall–Kier alpha value is -1.91. The predicted molar refractivity (Wildman–Crippen MR) is 138 cm³/mol. The summed E-state index contributed by atoms with van der Waals surface area (Å²) in [5.41, 5.74) is 1.84. The molecule has 0 bridgehead atoms. The highest BCUT2D eigenvalue weighted by Crippen LogP contribution is 2.27. The minimum atomic E-state index is 0. The normalized spacial score (nSPS) is 15.5. The van der Waals surface area contributed by atoms with E-state index in [1.54, 1.807) is 0 Å². The minimum absolute atomic E-state index is 0. The van der Waals surface area contributed by atoms with Crippen LogP contribution >= 0.6 is 35.3 Å². The maximum atomic E-state index is 5.49. The SMILES string of the molecule is CCNC(=NCc1cc(-c2ccccc2)on1)NCC(c1cccs1)N1CCCC1.I. The zero-order valence-corrected chi connectivity index (χ0v) is 20.9. The Morgan fingerprint density at radius 2 is 1.97 bits per heavy atom. The summed E-state index contributed by atoms with van der Waals surface area (Å²) in [6.45, 7) is 6.53. The molecule has 1 aliphatic rings. The topological polar surface area (TPSA) is 65.7 Å². The lowest BCUT2D eigenvalue weighted by atomic mass is 10.2. The molecular formula is C23H30IN5OS. The number of guanidine groups is 1. The van der Waals surface area contributed by atoms with Crippen LogP contribution in [0.2, 0.25) is 0 Å². The molecule has 4 rings (SSSR count). The molecule has 0 radical (unpaired) electrons. The van der Waals surface area contributed by atoms with Crippen LogP contribution in [0.5, 0.6) is 0 Å². The molecule has 2 aromatic heterocycles. The van der Waals surface area contributed by atoms with Gasteiger partial charge in [-0.15, -0.1) is 35.3 Å². The number of thiophene rings is 1. The van der Waals surface area contributed by atoms with Crippen LogP contribution < -0.4 is 10.6 Å². The molecular weight excluding hydrogens is 521 g/mol. The molecule has 3 heterocycles. The Balaban J connectivity index is 0.00000272. The molecule has 166 valence electrons. The first-order chi connectivity index (χ1) is 14.8. The average Bonchev–Trinajstić information content (AvgIpc) is 3.56. The van der Waals surface area contributed by atoms with Gasteiger partial charge in [-0.25, -0.2) is 4.99 Å². The standard InChI is InChI=1S/C23H29N5OS.HI/c1-2-24-23(25-16-19-15-21(29-27-19)18-9-4-3-5-10-18)26-17-20(22-11-8-14-30-22)28-12-6-7-13-28;/h3-5,8-11,14-15,20H,2,6-7,12-13,16-17H2,1H3,(H2,24,25,26);1H. The molecule has 1 atom stereocenters. The van der Waals surface area contributed by atoms with Gasteiger partial charge in [0.1, 0.15) is 5.69 Å². The van der Waals surface area contributed by atoms with Crippen molar-refractivity contribution in [3.05, 3.63) is 64.5 Å². The van der Waals surface area contributed by atoms with Gasteiger partial charge in [-0.2, -0.15) is 0 Å². The second kappa shape index (κ2) is 12.2. The van der Waals surface area contributed by atoms with Crippen molar-refractivity contribution in [3.8, 4) is 11.3 Å². The fraction of sp³-hybridized carbons (Fsp3) is 0.391. The van der Waals surface area contributed by atoms with E-state index in [0.29, 0.717) is 12.6 Å². The van der Waals surface area contributed by atoms with Gasteiger partial charge < -0.3 is 15.2 Å². The van der Waals surface area contributed by atoms with Gasteiger partial charge in [0.25, 0.3) is 0 Å². The number of hydrogen-bond acceptors (Lipinski definition) is 5. The molecule has 6 nitrogen and oxygen atoms in total. The number of likely N-dealkylation sites (tertiary alicyclic amines) is 1. The Morgan fingerprint density at radius 3 is 2.68 bits per heavy atom. The lowest BCUT2D eigenvalue weighted by Gasteiger charge is -2.27. The molecule has 0 aliphatic carbocycles. The zero-order chi connectivity index (χ0) is 20.6. The van der Waals surface area contributed by atoms with Crippen LogP contribution in [0, 0.1) is 0 Å². The van der Waals surface area contributed by atoms with E-state index in [1.807, 2.05) is 47.7 Å². The van der Waals surface area contributed by atoms with E-state index in [-0.39, 0.29) is 24.0 Å². The predicted octanol–water partition coefficient (Wildman–Crippen LogP) is 4.91. The molecule has 1 unspecified atom stereocenters. The Labute approximate surface area is 205 Å². The summed E-state index contributed by atoms with van der Waals surface area (Å²) in [7, 11) is 0. The minimum Gasteiger partial charge on any atom is -0.357 e. The van der Waals surface area contributed by atoms with Crippen molar-refractivity contribution in [2.75, 3.05) is 26.2 Å². The number of aromatic nitrogens is 1. The van der Waals surface area contributed by atoms with Crippen molar-refractivity contribution in [3.63, 3.8) is 0 Å². The van der Waals surface area contributed by atoms with Gasteiger partial charge in [-0.3, -0.25) is 4.90 Å². The summed E-state index contributed by atoms with van der Waals surface area (Å²) >= 11 is 1.83. The molecule has 0 amide bonds. The lowest BCUT2D eigenvalue weighted by molar-refractivity contribution is 0.249. The van der Waals surface area contributed by atoms with Gasteiger partial charge in [0.2, 0.25) is 0 Å². The van der Waals surface area contributed by atoms with E-state index in [9.17, 15) is 0 Å². The van der Waals surface area contributed by atoms with Crippen molar-refractivity contribution in [1.82, 2.24) is 20.7 Å². The summed E-state index contributed by atoms with van der Waals surface area (Å²) in [5, 5.41) is 13.2. The number of aliphatic imine (C=N–C) groups is 1. The number of hydrogen-bond donors (Lipinski definition) is 2. The summed E-state index contributed by atoms with van der Waals surface area (Å²) in [6, 6.07) is 16.7. The maximum absolute atomic E-state index is 5.49. The molecule has 1 aliphatic heterocycles. The number of nitrogens with one attached hydrogen (secondary N) is 2. The second-order valence-electron chi connectivity index (χ2n) is 7.40. The van der Waals surface area contributed by atoms with E-state index in [0.717, 1.165) is 36.1 Å². The Bertz CT molecular complexity index is 923. The third-order valence-corrected chi connectivity index (χ3v) is 6.25. The number of rotatable bonds is 8. The Kier molecular flexibility index (Phi) is 9.35. The van der Waals surface area contributed by atoms with E-state index in [1.165, 1.54) is 30.8 Å². The number of benzene rings is 1. The van der Waals surface area contributed by atoms with Crippen LogP contribution in [0.1, 0.15) is 36.4 Å². The van der Waals surface area contributed by atoms with Crippen molar-refractivity contribution >= 4 is 41.3 Å². The highest BCUT2D eigenvalue weighted by atomic mass is 127. The van der Waals surface area contributed by atoms with Crippen molar-refractivity contribution in [2.45, 2.75) is 32.4 Å². The molecule has 8 heteroatoms. The van der Waals surface area contributed by atoms with Crippen LogP contribution in [0.25, 0.3) is 11.3 Å². The first kappa shape index (κ1) is 23.7. The zero-order valence-electron chi connectivity index (χ0n) is 17.8. The van der Waals surface area contributed by atoms with Gasteiger partial charge in [0.05, 0.1) is 12.6 Å². The van der Waals surface area contributed by atoms with Gasteiger partial charge in [0.15, 0.2) is 11.7 Å². The van der Waals surface area contributed by atoms with E-state index in [4.69, 9.17) is 9.52 Å². The van der Waals surface area contributed by atoms with Crippen LogP contribution in [0.3, 0.4) is 0 Å². The first-order valence-electron chi connectivity index (χ1n) is 10.6. The van der Waals surface area contributed by atoms with E-state index in [2.05, 4.69) is 45.1 Å². The molecule has 1 fully saturated rings. The summed E-state index contributed by atoms with van der Waals surface area (Å²) in [5.74, 6) is 1.58. The fourth-order valence-electron chi connectivity index (χ4n) is 3.76. The summed E-state index contributed by atoms with van der Waals surface area (Å²) in [4.78, 5) is 8.71. The lowest BCUT2D eigenvalue weighted by Crippen LogP contribution is -2.42. The van der Waals surface area contributed by atoms with Crippen molar-refractivity contribution in [1.29, 1.82) is 0 Å². The highest BCUT2D eigenvalue weighted by molar-refractivity contribution is 14.0. The van der Waals surface area contributed by atoms with Crippen LogP contribution in [0.15, 0.2) is 63.4 Å². The van der Waals surface area contributed by atoms with Crippen LogP contribution in [-0.2, 0) is 6.54 Å². The quantitative estimate of drug-likeness (QED) is 0.237. The van der Waals surface area contributed by atoms with Crippen molar-refractivity contribution in [2.24, 2.45) is 4.99 Å². The van der Waals surface area contributed by atoms with Crippen LogP contribution in [-0.4, -0.2) is 42.2 Å². The number of nitrogens with zero attached hydrogens (tertiary/aromatic N) is 3. The molecule has 1 saturated heterocycles. The van der Waals surface area contributed by atoms with Gasteiger partial charge in [0, 0.05) is 29.6 Å². The van der Waals surface area contributed by atoms with Gasteiger partial charge in [-0.1, -0.05) is 41.6 Å². The molecule has 2 N–H and O–H groups in total. The second-order valence-corrected chi connectivity index (χ2v) is 8.38. The van der Waals surface area contributed by atoms with Crippen LogP contribution in [0.4, 0.5) is 0 Å². The molecule has 0 saturated carbocycles. The summed E-state index contributed by atoms with van der Waals surface area (Å²) < 4.78 is 5.49. The van der Waals surface area contributed by atoms with E-state index < -0.39 is 0 Å². The smallest absolute Gasteiger partial charge is 0.191 e. The van der Waals surface area contributed by atoms with Gasteiger partial charge in [-0.05, 0) is 44.3 Å². The molecule has 1 aromatic carbocycles. The third kappa shape index (κ3) is 6.54. The first-order valence-corrected chi connectivity index (χ1v) is 11.5. The van der Waals surface area contributed by atoms with E-state index >= 15 is 0 Å².